The van der Waals surface area contributed by atoms with Gasteiger partial charge in [-0.25, -0.2) is 4.68 Å². The van der Waals surface area contributed by atoms with E-state index in [0.29, 0.717) is 47.5 Å². The Kier molecular flexibility index (Phi) is 8.64. The first-order valence-corrected chi connectivity index (χ1v) is 12.9. The number of nitrogens with one attached hydrogen (secondary N) is 1. The number of likely N-dealkylation sites (tertiary alicyclic amines) is 1. The summed E-state index contributed by atoms with van der Waals surface area (Å²) in [7, 11) is 0. The van der Waals surface area contributed by atoms with Crippen LogP contribution in [0.25, 0.3) is 5.69 Å². The number of carbonyl (C=O) groups excluding carboxylic acids is 1. The van der Waals surface area contributed by atoms with Gasteiger partial charge in [0.05, 0.1) is 17.6 Å². The van der Waals surface area contributed by atoms with Crippen LogP contribution in [0.3, 0.4) is 0 Å². The average Bonchev–Trinajstić information content (AvgIpc) is 3.42. The van der Waals surface area contributed by atoms with E-state index in [1.165, 1.54) is 23.1 Å². The van der Waals surface area contributed by atoms with Crippen LogP contribution in [-0.2, 0) is 11.0 Å². The normalized spacial score (nSPS) is 16.9. The molecular weight excluding hydrogens is 554 g/mol. The van der Waals surface area contributed by atoms with Crippen LogP contribution in [0.5, 0.6) is 0 Å². The van der Waals surface area contributed by atoms with Gasteiger partial charge in [-0.2, -0.15) is 31.4 Å². The Balaban J connectivity index is 1.53. The van der Waals surface area contributed by atoms with Gasteiger partial charge in [-0.1, -0.05) is 6.07 Å². The van der Waals surface area contributed by atoms with Gasteiger partial charge in [0.25, 0.3) is 5.91 Å². The molecule has 0 spiro atoms. The monoisotopic (exact) mass is 582 g/mol. The third-order valence-electron chi connectivity index (χ3n) is 7.02. The molecule has 0 saturated carbocycles. The summed E-state index contributed by atoms with van der Waals surface area (Å²) < 4.78 is 79.3. The predicted octanol–water partition coefficient (Wildman–Crippen LogP) is 6.63. The Morgan fingerprint density at radius 3 is 2.37 bits per heavy atom. The molecule has 2 atom stereocenters. The molecule has 1 aromatic heterocycles. The van der Waals surface area contributed by atoms with E-state index in [-0.39, 0.29) is 18.9 Å². The second kappa shape index (κ2) is 11.8. The number of aliphatic carboxylic acids is 1. The lowest BCUT2D eigenvalue weighted by Crippen LogP contribution is -2.42. The number of hydrogen-bond donors (Lipinski definition) is 2. The third-order valence-corrected chi connectivity index (χ3v) is 7.02. The highest BCUT2D eigenvalue weighted by Gasteiger charge is 2.34. The van der Waals surface area contributed by atoms with E-state index in [4.69, 9.17) is 0 Å². The summed E-state index contributed by atoms with van der Waals surface area (Å²) in [6.45, 7) is 2.20. The van der Waals surface area contributed by atoms with Gasteiger partial charge in [0.2, 0.25) is 0 Å². The lowest BCUT2D eigenvalue weighted by atomic mass is 9.96. The molecule has 220 valence electrons. The third kappa shape index (κ3) is 7.59. The number of aromatic nitrogens is 2. The highest BCUT2D eigenvalue weighted by atomic mass is 19.4. The number of rotatable bonds is 8. The first-order valence-electron chi connectivity index (χ1n) is 12.9. The number of anilines is 1. The van der Waals surface area contributed by atoms with Gasteiger partial charge in [-0.05, 0) is 79.8 Å². The van der Waals surface area contributed by atoms with Crippen molar-refractivity contribution in [2.75, 3.05) is 18.4 Å². The number of alkyl halides is 6. The van der Waals surface area contributed by atoms with E-state index in [1.807, 2.05) is 0 Å². The fourth-order valence-corrected chi connectivity index (χ4v) is 4.88. The van der Waals surface area contributed by atoms with Crippen LogP contribution in [0.2, 0.25) is 0 Å². The van der Waals surface area contributed by atoms with E-state index in [1.54, 1.807) is 31.2 Å². The largest absolute Gasteiger partial charge is 0.481 e. The zero-order valence-corrected chi connectivity index (χ0v) is 22.0. The van der Waals surface area contributed by atoms with Crippen LogP contribution < -0.4 is 5.32 Å². The number of aryl methyl sites for hydroxylation is 1. The van der Waals surface area contributed by atoms with Crippen molar-refractivity contribution in [3.8, 4) is 5.69 Å². The summed E-state index contributed by atoms with van der Waals surface area (Å²) in [5.41, 5.74) is 1.12. The molecule has 1 unspecified atom stereocenters. The Labute approximate surface area is 231 Å². The molecule has 1 saturated heterocycles. The SMILES string of the molecule is Cc1cc(-n2ccc(C(F)(F)F)n2)ccc1C(CCC(F)(F)F)Nc1ccc(C(=O)N2CCC[C@@H](C(=O)O)C2)cc1. The lowest BCUT2D eigenvalue weighted by Gasteiger charge is -2.30. The molecule has 41 heavy (non-hydrogen) atoms. The summed E-state index contributed by atoms with van der Waals surface area (Å²) in [6, 6.07) is 10.8. The number of hydrogen-bond acceptors (Lipinski definition) is 4. The quantitative estimate of drug-likeness (QED) is 0.291. The van der Waals surface area contributed by atoms with E-state index in [0.717, 1.165) is 16.9 Å². The minimum Gasteiger partial charge on any atom is -0.481 e. The molecule has 1 aliphatic heterocycles. The molecule has 0 bridgehead atoms. The summed E-state index contributed by atoms with van der Waals surface area (Å²) in [6.07, 6.45) is -8.17. The Bertz CT molecular complexity index is 1380. The fourth-order valence-electron chi connectivity index (χ4n) is 4.88. The van der Waals surface area contributed by atoms with Crippen LogP contribution in [0, 0.1) is 12.8 Å². The number of benzene rings is 2. The highest BCUT2D eigenvalue weighted by molar-refractivity contribution is 5.95. The van der Waals surface area contributed by atoms with Gasteiger partial charge in [0.15, 0.2) is 5.69 Å². The minimum atomic E-state index is -4.61. The van der Waals surface area contributed by atoms with Crippen molar-refractivity contribution in [2.45, 2.75) is 51.0 Å². The molecule has 2 N–H and O–H groups in total. The van der Waals surface area contributed by atoms with Crippen molar-refractivity contribution in [2.24, 2.45) is 5.92 Å². The van der Waals surface area contributed by atoms with Crippen LogP contribution in [0.4, 0.5) is 32.0 Å². The van der Waals surface area contributed by atoms with Gasteiger partial charge in [-0.3, -0.25) is 9.59 Å². The lowest BCUT2D eigenvalue weighted by molar-refractivity contribution is -0.143. The van der Waals surface area contributed by atoms with E-state index in [2.05, 4.69) is 10.4 Å². The maximum atomic E-state index is 13.1. The predicted molar refractivity (Wildman–Crippen MR) is 138 cm³/mol. The number of nitrogens with zero attached hydrogens (tertiary/aromatic N) is 3. The van der Waals surface area contributed by atoms with Gasteiger partial charge in [0.1, 0.15) is 0 Å². The van der Waals surface area contributed by atoms with Crippen molar-refractivity contribution in [1.29, 1.82) is 0 Å². The topological polar surface area (TPSA) is 87.5 Å². The summed E-state index contributed by atoms with van der Waals surface area (Å²) in [5.74, 6) is -1.90. The molecule has 0 aliphatic carbocycles. The van der Waals surface area contributed by atoms with Crippen molar-refractivity contribution < 1.29 is 41.0 Å². The Morgan fingerprint density at radius 2 is 1.78 bits per heavy atom. The molecule has 1 aliphatic rings. The second-order valence-electron chi connectivity index (χ2n) is 10.0. The van der Waals surface area contributed by atoms with E-state index in [9.17, 15) is 41.0 Å². The first kappa shape index (κ1) is 29.9. The molecule has 1 fully saturated rings. The zero-order valence-electron chi connectivity index (χ0n) is 22.0. The number of amides is 1. The van der Waals surface area contributed by atoms with Crippen LogP contribution in [0.1, 0.15) is 58.9 Å². The molecule has 2 aromatic carbocycles. The molecule has 7 nitrogen and oxygen atoms in total. The van der Waals surface area contributed by atoms with E-state index < -0.39 is 42.4 Å². The summed E-state index contributed by atoms with van der Waals surface area (Å²) in [4.78, 5) is 25.7. The molecule has 4 rings (SSSR count). The standard InChI is InChI=1S/C28H28F6N4O3/c1-17-15-21(38-14-11-24(36-38)28(32,33)34)8-9-22(17)23(10-12-27(29,30)31)35-20-6-4-18(5-7-20)25(39)37-13-2-3-19(16-37)26(40)41/h4-9,11,14-15,19,23,35H,2-3,10,12-13,16H2,1H3,(H,40,41)/t19-,23?/m1/s1. The molecule has 1 amide bonds. The minimum absolute atomic E-state index is 0.110. The van der Waals surface area contributed by atoms with Crippen molar-refractivity contribution in [3.63, 3.8) is 0 Å². The molecule has 13 heteroatoms. The maximum absolute atomic E-state index is 13.1. The number of carboxylic acid groups (broad SMARTS) is 1. The van der Waals surface area contributed by atoms with Gasteiger partial charge in [0, 0.05) is 37.0 Å². The van der Waals surface area contributed by atoms with E-state index >= 15 is 0 Å². The molecule has 0 radical (unpaired) electrons. The number of piperidine rings is 1. The van der Waals surface area contributed by atoms with Crippen molar-refractivity contribution >= 4 is 17.6 Å². The zero-order chi connectivity index (χ0) is 29.9. The summed E-state index contributed by atoms with van der Waals surface area (Å²) in [5, 5.41) is 15.9. The Hall–Kier alpha value is -4.03. The number of carboxylic acids is 1. The second-order valence-corrected chi connectivity index (χ2v) is 10.0. The van der Waals surface area contributed by atoms with Crippen LogP contribution >= 0.6 is 0 Å². The van der Waals surface area contributed by atoms with Gasteiger partial charge < -0.3 is 15.3 Å². The molecule has 3 aromatic rings. The van der Waals surface area contributed by atoms with Crippen LogP contribution in [0.15, 0.2) is 54.7 Å². The fraction of sp³-hybridized carbons (Fsp3) is 0.393. The summed E-state index contributed by atoms with van der Waals surface area (Å²) >= 11 is 0. The number of halogens is 6. The average molecular weight is 583 g/mol. The molecular formula is C28H28F6N4O3. The highest BCUT2D eigenvalue weighted by Crippen LogP contribution is 2.33. The first-order chi connectivity index (χ1) is 19.2. The van der Waals surface area contributed by atoms with Crippen molar-refractivity contribution in [1.82, 2.24) is 14.7 Å². The van der Waals surface area contributed by atoms with Gasteiger partial charge >= 0.3 is 18.3 Å². The Morgan fingerprint density at radius 1 is 1.07 bits per heavy atom. The van der Waals surface area contributed by atoms with Crippen LogP contribution in [-0.4, -0.2) is 50.9 Å². The molecule has 2 heterocycles. The van der Waals surface area contributed by atoms with Crippen molar-refractivity contribution in [3.05, 3.63) is 77.1 Å². The number of carbonyl (C=O) groups is 2. The smallest absolute Gasteiger partial charge is 0.435 e. The maximum Gasteiger partial charge on any atom is 0.435 e. The van der Waals surface area contributed by atoms with Gasteiger partial charge in [-0.15, -0.1) is 0 Å².